The molecule has 0 radical (unpaired) electrons. The number of hydrogen-bond acceptors (Lipinski definition) is 2. The molecule has 2 N–H and O–H groups in total. The first kappa shape index (κ1) is 15.1. The van der Waals surface area contributed by atoms with Crippen LogP contribution in [-0.2, 0) is 4.79 Å². The molecule has 104 valence electrons. The van der Waals surface area contributed by atoms with Gasteiger partial charge in [-0.2, -0.15) is 0 Å². The van der Waals surface area contributed by atoms with Crippen LogP contribution in [0.15, 0.2) is 18.2 Å². The molecule has 1 amide bonds. The number of nitrogens with one attached hydrogen (secondary N) is 1. The molecule has 0 aromatic heterocycles. The van der Waals surface area contributed by atoms with Crippen molar-refractivity contribution in [3.05, 3.63) is 35.1 Å². The number of carboxylic acids is 1. The van der Waals surface area contributed by atoms with Crippen molar-refractivity contribution in [1.82, 2.24) is 5.32 Å². The van der Waals surface area contributed by atoms with Crippen LogP contribution >= 0.6 is 0 Å². The number of amides is 1. The number of hydrogen-bond donors (Lipinski definition) is 2. The number of benzene rings is 1. The van der Waals surface area contributed by atoms with Crippen molar-refractivity contribution in [3.63, 3.8) is 0 Å². The summed E-state index contributed by atoms with van der Waals surface area (Å²) in [5, 5.41) is 11.5. The lowest BCUT2D eigenvalue weighted by Gasteiger charge is -2.17. The maximum Gasteiger partial charge on any atom is 0.326 e. The van der Waals surface area contributed by atoms with E-state index < -0.39 is 23.7 Å². The Labute approximate surface area is 111 Å². The van der Waals surface area contributed by atoms with E-state index in [4.69, 9.17) is 5.11 Å². The maximum absolute atomic E-state index is 13.3. The van der Waals surface area contributed by atoms with Gasteiger partial charge in [-0.25, -0.2) is 9.18 Å². The molecule has 4 nitrogen and oxygen atoms in total. The molecule has 5 heteroatoms. The van der Waals surface area contributed by atoms with E-state index in [1.54, 1.807) is 0 Å². The van der Waals surface area contributed by atoms with Crippen LogP contribution in [-0.4, -0.2) is 23.0 Å². The Hall–Kier alpha value is -1.91. The maximum atomic E-state index is 13.3. The number of rotatable bonds is 5. The van der Waals surface area contributed by atoms with Crippen molar-refractivity contribution in [1.29, 1.82) is 0 Å². The number of carbonyl (C=O) groups is 2. The molecule has 1 unspecified atom stereocenters. The molecule has 0 aliphatic carbocycles. The fourth-order valence-corrected chi connectivity index (χ4v) is 1.78. The Bertz CT molecular complexity index is 486. The second kappa shape index (κ2) is 6.31. The Balaban J connectivity index is 2.88. The van der Waals surface area contributed by atoms with Gasteiger partial charge in [0.2, 0.25) is 0 Å². The average molecular weight is 267 g/mol. The molecule has 0 aliphatic rings. The molecule has 1 aromatic rings. The Kier molecular flexibility index (Phi) is 5.03. The first-order valence-corrected chi connectivity index (χ1v) is 6.11. The molecule has 0 saturated carbocycles. The smallest absolute Gasteiger partial charge is 0.326 e. The number of halogens is 1. The third kappa shape index (κ3) is 4.05. The van der Waals surface area contributed by atoms with E-state index in [2.05, 4.69) is 5.32 Å². The molecule has 0 spiro atoms. The predicted molar refractivity (Wildman–Crippen MR) is 69.5 cm³/mol. The van der Waals surface area contributed by atoms with Gasteiger partial charge in [0, 0.05) is 5.56 Å². The number of aliphatic carboxylic acids is 1. The molecular weight excluding hydrogens is 249 g/mol. The lowest BCUT2D eigenvalue weighted by Crippen LogP contribution is -2.41. The summed E-state index contributed by atoms with van der Waals surface area (Å²) < 4.78 is 13.3. The van der Waals surface area contributed by atoms with Crippen molar-refractivity contribution in [3.8, 4) is 0 Å². The molecule has 0 saturated heterocycles. The summed E-state index contributed by atoms with van der Waals surface area (Å²) in [5.74, 6) is -2.00. The summed E-state index contributed by atoms with van der Waals surface area (Å²) in [6.45, 7) is 5.23. The second-order valence-electron chi connectivity index (χ2n) is 4.91. The standard InChI is InChI=1S/C14H18FNO3/c1-8(2)7-12(14(18)19)16-13(17)10-5-4-6-11(15)9(10)3/h4-6,8,12H,7H2,1-3H3,(H,16,17)(H,18,19). The van der Waals surface area contributed by atoms with Crippen LogP contribution in [0, 0.1) is 18.7 Å². The number of carboxylic acid groups (broad SMARTS) is 1. The molecule has 0 bridgehead atoms. The minimum Gasteiger partial charge on any atom is -0.480 e. The zero-order chi connectivity index (χ0) is 14.6. The van der Waals surface area contributed by atoms with Crippen LogP contribution in [0.25, 0.3) is 0 Å². The summed E-state index contributed by atoms with van der Waals surface area (Å²) in [6.07, 6.45) is 0.329. The van der Waals surface area contributed by atoms with Crippen LogP contribution < -0.4 is 5.32 Å². The van der Waals surface area contributed by atoms with Gasteiger partial charge in [-0.05, 0) is 37.0 Å². The van der Waals surface area contributed by atoms with Crippen LogP contribution in [0.1, 0.15) is 36.2 Å². The van der Waals surface area contributed by atoms with Crippen LogP contribution in [0.2, 0.25) is 0 Å². The van der Waals surface area contributed by atoms with E-state index in [9.17, 15) is 14.0 Å². The minimum atomic E-state index is -1.09. The first-order chi connectivity index (χ1) is 8.82. The Morgan fingerprint density at radius 3 is 2.53 bits per heavy atom. The molecule has 1 rings (SSSR count). The van der Waals surface area contributed by atoms with Crippen LogP contribution in [0.5, 0.6) is 0 Å². The van der Waals surface area contributed by atoms with Gasteiger partial charge in [-0.1, -0.05) is 19.9 Å². The summed E-state index contributed by atoms with van der Waals surface area (Å²) in [6, 6.07) is 3.20. The van der Waals surface area contributed by atoms with Crippen molar-refractivity contribution >= 4 is 11.9 Å². The van der Waals surface area contributed by atoms with E-state index in [0.29, 0.717) is 6.42 Å². The highest BCUT2D eigenvalue weighted by Crippen LogP contribution is 2.13. The minimum absolute atomic E-state index is 0.134. The van der Waals surface area contributed by atoms with Crippen molar-refractivity contribution in [2.24, 2.45) is 5.92 Å². The van der Waals surface area contributed by atoms with Gasteiger partial charge in [0.05, 0.1) is 0 Å². The van der Waals surface area contributed by atoms with Gasteiger partial charge < -0.3 is 10.4 Å². The summed E-state index contributed by atoms with van der Waals surface area (Å²) in [4.78, 5) is 23.0. The highest BCUT2D eigenvalue weighted by molar-refractivity contribution is 5.97. The zero-order valence-electron chi connectivity index (χ0n) is 11.2. The molecule has 1 atom stereocenters. The Morgan fingerprint density at radius 1 is 1.37 bits per heavy atom. The summed E-state index contributed by atoms with van der Waals surface area (Å²) in [5.41, 5.74) is 0.378. The van der Waals surface area contributed by atoms with Gasteiger partial charge in [-0.3, -0.25) is 4.79 Å². The SMILES string of the molecule is Cc1c(F)cccc1C(=O)NC(CC(C)C)C(=O)O. The summed E-state index contributed by atoms with van der Waals surface area (Å²) >= 11 is 0. The fourth-order valence-electron chi connectivity index (χ4n) is 1.78. The molecule has 0 heterocycles. The van der Waals surface area contributed by atoms with Gasteiger partial charge in [0.25, 0.3) is 5.91 Å². The normalized spacial score (nSPS) is 12.3. The third-order valence-corrected chi connectivity index (χ3v) is 2.82. The largest absolute Gasteiger partial charge is 0.480 e. The van der Waals surface area contributed by atoms with Gasteiger partial charge >= 0.3 is 5.97 Å². The van der Waals surface area contributed by atoms with E-state index in [0.717, 1.165) is 0 Å². The lowest BCUT2D eigenvalue weighted by molar-refractivity contribution is -0.139. The highest BCUT2D eigenvalue weighted by Gasteiger charge is 2.22. The van der Waals surface area contributed by atoms with Crippen LogP contribution in [0.4, 0.5) is 4.39 Å². The van der Waals surface area contributed by atoms with E-state index in [-0.39, 0.29) is 17.0 Å². The van der Waals surface area contributed by atoms with Gasteiger partial charge in [0.15, 0.2) is 0 Å². The molecule has 1 aromatic carbocycles. The molecule has 0 fully saturated rings. The van der Waals surface area contributed by atoms with E-state index in [1.807, 2.05) is 13.8 Å². The molecular formula is C14H18FNO3. The third-order valence-electron chi connectivity index (χ3n) is 2.82. The van der Waals surface area contributed by atoms with Crippen molar-refractivity contribution in [2.45, 2.75) is 33.2 Å². The number of carbonyl (C=O) groups excluding carboxylic acids is 1. The molecule has 19 heavy (non-hydrogen) atoms. The highest BCUT2D eigenvalue weighted by atomic mass is 19.1. The quantitative estimate of drug-likeness (QED) is 0.860. The predicted octanol–water partition coefficient (Wildman–Crippen LogP) is 2.36. The van der Waals surface area contributed by atoms with Crippen molar-refractivity contribution < 1.29 is 19.1 Å². The second-order valence-corrected chi connectivity index (χ2v) is 4.91. The van der Waals surface area contributed by atoms with E-state index >= 15 is 0 Å². The lowest BCUT2D eigenvalue weighted by atomic mass is 10.0. The molecule has 0 aliphatic heterocycles. The fraction of sp³-hybridized carbons (Fsp3) is 0.429. The topological polar surface area (TPSA) is 66.4 Å². The summed E-state index contributed by atoms with van der Waals surface area (Å²) in [7, 11) is 0. The van der Waals surface area contributed by atoms with E-state index in [1.165, 1.54) is 25.1 Å². The monoisotopic (exact) mass is 267 g/mol. The first-order valence-electron chi connectivity index (χ1n) is 6.11. The van der Waals surface area contributed by atoms with Gasteiger partial charge in [-0.15, -0.1) is 0 Å². The zero-order valence-corrected chi connectivity index (χ0v) is 11.2. The Morgan fingerprint density at radius 2 is 2.00 bits per heavy atom. The average Bonchev–Trinajstić information content (AvgIpc) is 2.31. The van der Waals surface area contributed by atoms with Crippen molar-refractivity contribution in [2.75, 3.05) is 0 Å². The van der Waals surface area contributed by atoms with Gasteiger partial charge in [0.1, 0.15) is 11.9 Å². The van der Waals surface area contributed by atoms with Crippen LogP contribution in [0.3, 0.4) is 0 Å².